The van der Waals surface area contributed by atoms with Gasteiger partial charge in [0.05, 0.1) is 19.8 Å². The molecule has 0 fully saturated rings. The van der Waals surface area contributed by atoms with Crippen LogP contribution < -0.4 is 0 Å². The van der Waals surface area contributed by atoms with Crippen LogP contribution in [0.5, 0.6) is 0 Å². The normalized spacial score (nSPS) is 11.7. The molecule has 0 aliphatic rings. The number of hydrogen-bond donors (Lipinski definition) is 0. The minimum Gasteiger partial charge on any atom is -0.726 e. The van der Waals surface area contributed by atoms with Gasteiger partial charge >= 0.3 is 32.7 Å². The smallest absolute Gasteiger partial charge is 0.726 e. The summed E-state index contributed by atoms with van der Waals surface area (Å²) in [6.07, 6.45) is 35.1. The molecule has 0 aromatic carbocycles. The van der Waals surface area contributed by atoms with Crippen LogP contribution >= 0.6 is 0 Å². The zero-order chi connectivity index (χ0) is 39.0. The molecule has 0 aromatic rings. The van der Waals surface area contributed by atoms with Crippen molar-refractivity contribution >= 4 is 31.2 Å². The summed E-state index contributed by atoms with van der Waals surface area (Å²) in [5.41, 5.74) is 0. The van der Waals surface area contributed by atoms with E-state index in [1.54, 1.807) is 0 Å². The van der Waals surface area contributed by atoms with Gasteiger partial charge in [-0.2, -0.15) is 0 Å². The van der Waals surface area contributed by atoms with Crippen LogP contribution in [0.2, 0.25) is 0 Å². The van der Waals surface area contributed by atoms with Crippen LogP contribution in [-0.2, 0) is 76.5 Å². The first-order valence-corrected chi connectivity index (χ1v) is 24.0. The van der Waals surface area contributed by atoms with Gasteiger partial charge in [-0.05, 0) is 19.3 Å². The molecule has 16 heteroatoms. The van der Waals surface area contributed by atoms with Gasteiger partial charge in [0.25, 0.3) is 0 Å². The van der Waals surface area contributed by atoms with Crippen LogP contribution in [0.1, 0.15) is 213 Å². The van der Waals surface area contributed by atoms with Gasteiger partial charge in [0.15, 0.2) is 0 Å². The minimum atomic E-state index is -4.48. The largest absolute Gasteiger partial charge is 3.00 e. The number of unbranched alkanes of at least 4 members (excludes halogenated alkanes) is 27. The molecular weight excluding hydrogens is 809 g/mol. The molecule has 0 saturated heterocycles. The Bertz CT molecular complexity index is 883. The van der Waals surface area contributed by atoms with Crippen LogP contribution in [0, 0.1) is 0 Å². The van der Waals surface area contributed by atoms with Crippen molar-refractivity contribution in [1.29, 1.82) is 0 Å². The fourth-order valence-corrected chi connectivity index (χ4v) is 6.22. The quantitative estimate of drug-likeness (QED) is 0.0328. The SMILES string of the molecule is CCCCCCCCCCCCOS(=O)(=O)[O-].CCCCCCCCCCCCOS(=O)(=O)[O-].CCCCCCCCCCCCOS(=O)(=O)[O-].[Y+3]. The summed E-state index contributed by atoms with van der Waals surface area (Å²) in [5.74, 6) is 0. The van der Waals surface area contributed by atoms with Crippen molar-refractivity contribution in [2.24, 2.45) is 0 Å². The van der Waals surface area contributed by atoms with E-state index in [-0.39, 0.29) is 52.5 Å². The van der Waals surface area contributed by atoms with Gasteiger partial charge < -0.3 is 13.7 Å². The molecule has 0 aromatic heterocycles. The molecule has 52 heavy (non-hydrogen) atoms. The molecule has 0 bridgehead atoms. The molecular formula is C36H75O12S3Y. The van der Waals surface area contributed by atoms with Crippen LogP contribution in [0.25, 0.3) is 0 Å². The molecule has 12 nitrogen and oxygen atoms in total. The maximum atomic E-state index is 10.1. The molecule has 0 aliphatic carbocycles. The van der Waals surface area contributed by atoms with Crippen molar-refractivity contribution < 1.29 is 84.2 Å². The Labute approximate surface area is 346 Å². The van der Waals surface area contributed by atoms with Gasteiger partial charge in [0.1, 0.15) is 0 Å². The van der Waals surface area contributed by atoms with E-state index in [0.29, 0.717) is 19.3 Å². The topological polar surface area (TPSA) is 199 Å². The first-order valence-electron chi connectivity index (χ1n) is 20.0. The molecule has 0 unspecified atom stereocenters. The van der Waals surface area contributed by atoms with Crippen LogP contribution in [0.15, 0.2) is 0 Å². The molecule has 312 valence electrons. The third-order valence-corrected chi connectivity index (χ3v) is 9.54. The van der Waals surface area contributed by atoms with E-state index < -0.39 is 31.2 Å². The van der Waals surface area contributed by atoms with E-state index in [4.69, 9.17) is 0 Å². The molecule has 0 heterocycles. The molecule has 0 spiro atoms. The van der Waals surface area contributed by atoms with E-state index in [9.17, 15) is 38.9 Å². The van der Waals surface area contributed by atoms with E-state index >= 15 is 0 Å². The van der Waals surface area contributed by atoms with Crippen LogP contribution in [0.4, 0.5) is 0 Å². The molecule has 0 atom stereocenters. The maximum Gasteiger partial charge on any atom is 3.00 e. The van der Waals surface area contributed by atoms with E-state index in [2.05, 4.69) is 33.3 Å². The first kappa shape index (κ1) is 59.4. The summed E-state index contributed by atoms with van der Waals surface area (Å²) in [7, 11) is -13.5. The predicted molar refractivity (Wildman–Crippen MR) is 202 cm³/mol. The second-order valence-electron chi connectivity index (χ2n) is 13.2. The minimum absolute atomic E-state index is 0. The Morgan fingerprint density at radius 1 is 0.288 bits per heavy atom. The van der Waals surface area contributed by atoms with Crippen molar-refractivity contribution in [3.63, 3.8) is 0 Å². The second-order valence-corrected chi connectivity index (χ2v) is 16.4. The average Bonchev–Trinajstić information content (AvgIpc) is 3.04. The van der Waals surface area contributed by atoms with Crippen molar-refractivity contribution in [3.8, 4) is 0 Å². The standard InChI is InChI=1S/3C12H26O4S.Y/c3*1-2-3-4-5-6-7-8-9-10-11-12-16-17(13,14)15;/h3*2-12H2,1H3,(H,13,14,15);/q;;;+3/p-3. The Kier molecular flexibility index (Phi) is 50.8. The number of hydrogen-bond acceptors (Lipinski definition) is 12. The monoisotopic (exact) mass is 884 g/mol. The van der Waals surface area contributed by atoms with Gasteiger partial charge in [0.2, 0.25) is 31.2 Å². The fourth-order valence-electron chi connectivity index (χ4n) is 5.25. The number of rotatable bonds is 36. The zero-order valence-electron chi connectivity index (χ0n) is 33.0. The third-order valence-electron chi connectivity index (χ3n) is 8.18. The average molecular weight is 885 g/mol. The van der Waals surface area contributed by atoms with Gasteiger partial charge in [0, 0.05) is 0 Å². The van der Waals surface area contributed by atoms with Gasteiger partial charge in [-0.25, -0.2) is 25.3 Å². The van der Waals surface area contributed by atoms with Gasteiger partial charge in [-0.3, -0.25) is 12.5 Å². The third kappa shape index (κ3) is 68.7. The molecule has 0 N–H and O–H groups in total. The first-order chi connectivity index (χ1) is 24.2. The summed E-state index contributed by atoms with van der Waals surface area (Å²) in [6.45, 7) is 6.73. The fraction of sp³-hybridized carbons (Fsp3) is 1.00. The van der Waals surface area contributed by atoms with Crippen molar-refractivity contribution in [2.75, 3.05) is 19.8 Å². The van der Waals surface area contributed by atoms with Crippen LogP contribution in [-0.4, -0.2) is 58.7 Å². The van der Waals surface area contributed by atoms with E-state index in [1.165, 1.54) is 135 Å². The summed E-state index contributed by atoms with van der Waals surface area (Å²) in [6, 6.07) is 0. The molecule has 0 rings (SSSR count). The van der Waals surface area contributed by atoms with Crippen LogP contribution in [0.3, 0.4) is 0 Å². The Hall–Kier alpha value is 0.714. The van der Waals surface area contributed by atoms with Crippen molar-refractivity contribution in [1.82, 2.24) is 0 Å². The maximum absolute atomic E-state index is 10.1. The summed E-state index contributed by atoms with van der Waals surface area (Å²) >= 11 is 0. The Balaban J connectivity index is -0.000000329. The Morgan fingerprint density at radius 2 is 0.423 bits per heavy atom. The zero-order valence-corrected chi connectivity index (χ0v) is 38.3. The van der Waals surface area contributed by atoms with Crippen molar-refractivity contribution in [3.05, 3.63) is 0 Å². The summed E-state index contributed by atoms with van der Waals surface area (Å²) < 4.78 is 103. The van der Waals surface area contributed by atoms with E-state index in [1.807, 2.05) is 0 Å². The summed E-state index contributed by atoms with van der Waals surface area (Å²) in [4.78, 5) is 0. The van der Waals surface area contributed by atoms with Gasteiger partial charge in [-0.1, -0.05) is 194 Å². The second kappa shape index (κ2) is 44.4. The molecule has 0 aliphatic heterocycles. The summed E-state index contributed by atoms with van der Waals surface area (Å²) in [5, 5.41) is 0. The van der Waals surface area contributed by atoms with Gasteiger partial charge in [-0.15, -0.1) is 0 Å². The predicted octanol–water partition coefficient (Wildman–Crippen LogP) is 10.1. The molecule has 0 saturated carbocycles. The van der Waals surface area contributed by atoms with Crippen molar-refractivity contribution in [2.45, 2.75) is 213 Å². The Morgan fingerprint density at radius 3 is 0.558 bits per heavy atom. The molecule has 0 amide bonds. The molecule has 0 radical (unpaired) electrons. The van der Waals surface area contributed by atoms with E-state index in [0.717, 1.165) is 38.5 Å².